The number of carbonyl (C=O) groups excluding carboxylic acids is 1. The molecule has 0 saturated carbocycles. The normalized spacial score (nSPS) is 13.0. The van der Waals surface area contributed by atoms with E-state index in [4.69, 9.17) is 9.26 Å². The molecule has 1 aliphatic heterocycles. The minimum absolute atomic E-state index is 0.195. The summed E-state index contributed by atoms with van der Waals surface area (Å²) < 4.78 is 12.7. The van der Waals surface area contributed by atoms with Crippen molar-refractivity contribution in [3.05, 3.63) is 59.9 Å². The fourth-order valence-corrected chi connectivity index (χ4v) is 3.42. The molecule has 0 fully saturated rings. The second-order valence-corrected chi connectivity index (χ2v) is 7.42. The summed E-state index contributed by atoms with van der Waals surface area (Å²) in [7, 11) is 0. The first kappa shape index (κ1) is 18.3. The van der Waals surface area contributed by atoms with Crippen LogP contribution in [0.3, 0.4) is 0 Å². The van der Waals surface area contributed by atoms with E-state index in [-0.39, 0.29) is 11.9 Å². The molecule has 2 N–H and O–H groups in total. The topological polar surface area (TPSA) is 107 Å². The number of benzene rings is 1. The molecule has 0 radical (unpaired) electrons. The van der Waals surface area contributed by atoms with E-state index in [1.807, 2.05) is 38.1 Å². The number of nitrogens with zero attached hydrogens (tertiary/aromatic N) is 4. The molecule has 3 aromatic heterocycles. The third-order valence-corrected chi connectivity index (χ3v) is 5.02. The van der Waals surface area contributed by atoms with E-state index in [9.17, 15) is 4.79 Å². The van der Waals surface area contributed by atoms with Gasteiger partial charge in [-0.05, 0) is 24.3 Å². The van der Waals surface area contributed by atoms with E-state index in [1.54, 1.807) is 12.3 Å². The van der Waals surface area contributed by atoms with Crippen molar-refractivity contribution < 1.29 is 14.1 Å². The maximum absolute atomic E-state index is 12.7. The Bertz CT molecular complexity index is 1240. The van der Waals surface area contributed by atoms with Gasteiger partial charge in [0.15, 0.2) is 5.82 Å². The number of fused-ring (bicyclic) bond motifs is 2. The Morgan fingerprint density at radius 1 is 1.23 bits per heavy atom. The lowest BCUT2D eigenvalue weighted by molar-refractivity contribution is 0.254. The van der Waals surface area contributed by atoms with Gasteiger partial charge in [-0.15, -0.1) is 0 Å². The molecule has 0 bridgehead atoms. The average Bonchev–Trinajstić information content (AvgIpc) is 3.47. The van der Waals surface area contributed by atoms with Crippen LogP contribution in [0.1, 0.15) is 36.8 Å². The summed E-state index contributed by atoms with van der Waals surface area (Å²) in [6.07, 6.45) is 3.22. The molecular weight excluding hydrogens is 384 g/mol. The van der Waals surface area contributed by atoms with Crippen LogP contribution in [-0.2, 0) is 13.1 Å². The second-order valence-electron chi connectivity index (χ2n) is 7.42. The van der Waals surface area contributed by atoms with Gasteiger partial charge in [-0.25, -0.2) is 14.8 Å². The first-order valence-electron chi connectivity index (χ1n) is 9.69. The van der Waals surface area contributed by atoms with Crippen molar-refractivity contribution in [3.8, 4) is 11.6 Å². The average molecular weight is 404 g/mol. The zero-order valence-corrected chi connectivity index (χ0v) is 16.5. The summed E-state index contributed by atoms with van der Waals surface area (Å²) in [4.78, 5) is 21.2. The van der Waals surface area contributed by atoms with Crippen LogP contribution in [0.25, 0.3) is 10.9 Å². The lowest BCUT2D eigenvalue weighted by Crippen LogP contribution is -2.18. The summed E-state index contributed by atoms with van der Waals surface area (Å²) in [5.41, 5.74) is 2.68. The summed E-state index contributed by atoms with van der Waals surface area (Å²) in [5, 5.41) is 10.8. The van der Waals surface area contributed by atoms with Crippen molar-refractivity contribution in [3.63, 3.8) is 0 Å². The van der Waals surface area contributed by atoms with Gasteiger partial charge < -0.3 is 14.6 Å². The van der Waals surface area contributed by atoms with E-state index < -0.39 is 0 Å². The number of amides is 1. The summed E-state index contributed by atoms with van der Waals surface area (Å²) in [5.74, 6) is 2.49. The Balaban J connectivity index is 1.37. The monoisotopic (exact) mass is 404 g/mol. The van der Waals surface area contributed by atoms with Crippen molar-refractivity contribution in [1.82, 2.24) is 25.0 Å². The van der Waals surface area contributed by atoms with Gasteiger partial charge in [0.1, 0.15) is 17.8 Å². The first-order valence-corrected chi connectivity index (χ1v) is 9.69. The smallest absolute Gasteiger partial charge is 0.331 e. The van der Waals surface area contributed by atoms with Gasteiger partial charge in [0.2, 0.25) is 5.88 Å². The fourth-order valence-electron chi connectivity index (χ4n) is 3.42. The van der Waals surface area contributed by atoms with Gasteiger partial charge >= 0.3 is 6.03 Å². The van der Waals surface area contributed by atoms with Crippen LogP contribution >= 0.6 is 0 Å². The highest BCUT2D eigenvalue weighted by atomic mass is 16.5. The van der Waals surface area contributed by atoms with E-state index in [0.29, 0.717) is 24.0 Å². The Hall–Kier alpha value is -3.72. The molecule has 0 spiro atoms. The number of rotatable bonds is 4. The third-order valence-electron chi connectivity index (χ3n) is 5.02. The molecule has 9 heteroatoms. The van der Waals surface area contributed by atoms with Gasteiger partial charge in [0.25, 0.3) is 0 Å². The van der Waals surface area contributed by atoms with Crippen molar-refractivity contribution >= 4 is 22.8 Å². The Labute approximate surface area is 172 Å². The van der Waals surface area contributed by atoms with E-state index in [0.717, 1.165) is 34.5 Å². The van der Waals surface area contributed by atoms with Crippen molar-refractivity contribution in [2.45, 2.75) is 32.9 Å². The molecule has 0 atom stereocenters. The van der Waals surface area contributed by atoms with Crippen molar-refractivity contribution in [1.29, 1.82) is 0 Å². The standard InChI is InChI=1S/C21H20N6O3/c1-12(2)18-8-19(26-30-18)25-21(28)27-6-5-13-7-14(3-4-17(13)27)29-20-15-9-22-10-16(15)23-11-24-20/h3-8,11-12,22H,9-10H2,1-2H3,(H,25,26,28). The van der Waals surface area contributed by atoms with Crippen LogP contribution in [-0.4, -0.2) is 25.7 Å². The zero-order valence-electron chi connectivity index (χ0n) is 16.5. The fraction of sp³-hybridized carbons (Fsp3) is 0.238. The first-order chi connectivity index (χ1) is 14.6. The molecule has 0 unspecified atom stereocenters. The number of anilines is 1. The highest BCUT2D eigenvalue weighted by Gasteiger charge is 2.19. The number of ether oxygens (including phenoxy) is 1. The molecule has 1 amide bonds. The highest BCUT2D eigenvalue weighted by Crippen LogP contribution is 2.29. The Morgan fingerprint density at radius 2 is 2.13 bits per heavy atom. The van der Waals surface area contributed by atoms with E-state index in [1.165, 1.54) is 10.9 Å². The van der Waals surface area contributed by atoms with Gasteiger partial charge in [0.05, 0.1) is 16.8 Å². The van der Waals surface area contributed by atoms with Crippen LogP contribution in [0.5, 0.6) is 11.6 Å². The maximum Gasteiger partial charge on any atom is 0.331 e. The second kappa shape index (κ2) is 7.27. The van der Waals surface area contributed by atoms with Crippen LogP contribution < -0.4 is 15.4 Å². The number of hydrogen-bond acceptors (Lipinski definition) is 7. The molecule has 152 valence electrons. The minimum atomic E-state index is -0.318. The van der Waals surface area contributed by atoms with Gasteiger partial charge in [-0.3, -0.25) is 9.88 Å². The molecule has 9 nitrogen and oxygen atoms in total. The number of hydrogen-bond donors (Lipinski definition) is 2. The highest BCUT2D eigenvalue weighted by molar-refractivity contribution is 5.98. The maximum atomic E-state index is 12.7. The summed E-state index contributed by atoms with van der Waals surface area (Å²) >= 11 is 0. The van der Waals surface area contributed by atoms with E-state index in [2.05, 4.69) is 25.8 Å². The summed E-state index contributed by atoms with van der Waals surface area (Å²) in [6, 6.07) is 8.80. The lowest BCUT2D eigenvalue weighted by atomic mass is 10.2. The Kier molecular flexibility index (Phi) is 4.44. The van der Waals surface area contributed by atoms with E-state index >= 15 is 0 Å². The molecule has 0 saturated heterocycles. The predicted molar refractivity (Wildman–Crippen MR) is 110 cm³/mol. The van der Waals surface area contributed by atoms with Gasteiger partial charge in [-0.1, -0.05) is 19.0 Å². The SMILES string of the molecule is CC(C)c1cc(NC(=O)n2ccc3cc(Oc4ncnc5c4CNC5)ccc32)no1. The van der Waals surface area contributed by atoms with Crippen LogP contribution in [0.2, 0.25) is 0 Å². The number of aromatic nitrogens is 4. The third kappa shape index (κ3) is 3.29. The quantitative estimate of drug-likeness (QED) is 0.529. The van der Waals surface area contributed by atoms with Gasteiger partial charge in [0, 0.05) is 36.7 Å². The number of nitrogens with one attached hydrogen (secondary N) is 2. The van der Waals surface area contributed by atoms with Crippen LogP contribution in [0.4, 0.5) is 10.6 Å². The molecule has 4 aromatic rings. The predicted octanol–water partition coefficient (Wildman–Crippen LogP) is 4.02. The van der Waals surface area contributed by atoms with Crippen molar-refractivity contribution in [2.75, 3.05) is 5.32 Å². The lowest BCUT2D eigenvalue weighted by Gasteiger charge is -2.09. The Morgan fingerprint density at radius 3 is 2.97 bits per heavy atom. The molecule has 4 heterocycles. The van der Waals surface area contributed by atoms with Crippen LogP contribution in [0, 0.1) is 0 Å². The molecule has 1 aromatic carbocycles. The molecule has 5 rings (SSSR count). The van der Waals surface area contributed by atoms with Gasteiger partial charge in [-0.2, -0.15) is 0 Å². The van der Waals surface area contributed by atoms with Crippen LogP contribution in [0.15, 0.2) is 47.4 Å². The largest absolute Gasteiger partial charge is 0.439 e. The number of carbonyl (C=O) groups is 1. The molecule has 1 aliphatic rings. The molecular formula is C21H20N6O3. The van der Waals surface area contributed by atoms with Crippen molar-refractivity contribution in [2.24, 2.45) is 0 Å². The zero-order chi connectivity index (χ0) is 20.7. The molecule has 30 heavy (non-hydrogen) atoms. The minimum Gasteiger partial charge on any atom is -0.439 e. The summed E-state index contributed by atoms with van der Waals surface area (Å²) in [6.45, 7) is 5.40. The molecule has 0 aliphatic carbocycles.